The molecule has 0 saturated carbocycles. The van der Waals surface area contributed by atoms with Crippen LogP contribution in [0, 0.1) is 13.8 Å². The number of benzene rings is 5. The van der Waals surface area contributed by atoms with Crippen molar-refractivity contribution in [3.05, 3.63) is 158 Å². The molecular formula is C43H30N8. The molecule has 4 heterocycles. The number of rotatable bonds is 6. The van der Waals surface area contributed by atoms with Gasteiger partial charge in [-0.05, 0) is 73.5 Å². The Morgan fingerprint density at radius 1 is 0.392 bits per heavy atom. The summed E-state index contributed by atoms with van der Waals surface area (Å²) in [5, 5.41) is 2.20. The van der Waals surface area contributed by atoms with E-state index in [1.807, 2.05) is 99.0 Å². The lowest BCUT2D eigenvalue weighted by Gasteiger charge is -2.16. The van der Waals surface area contributed by atoms with Gasteiger partial charge in [-0.3, -0.25) is 4.98 Å². The molecule has 242 valence electrons. The third-order valence-corrected chi connectivity index (χ3v) is 8.98. The second-order valence-corrected chi connectivity index (χ2v) is 12.3. The van der Waals surface area contributed by atoms with E-state index in [2.05, 4.69) is 85.2 Å². The number of fused-ring (bicyclic) bond motifs is 3. The van der Waals surface area contributed by atoms with Gasteiger partial charge in [-0.25, -0.2) is 29.9 Å². The van der Waals surface area contributed by atoms with Crippen LogP contribution in [0.3, 0.4) is 0 Å². The molecule has 0 saturated heterocycles. The van der Waals surface area contributed by atoms with E-state index in [1.165, 1.54) is 0 Å². The lowest BCUT2D eigenvalue weighted by molar-refractivity contribution is 0.929. The van der Waals surface area contributed by atoms with Crippen LogP contribution in [0.15, 0.2) is 146 Å². The van der Waals surface area contributed by atoms with E-state index >= 15 is 0 Å². The highest BCUT2D eigenvalue weighted by Crippen LogP contribution is 2.39. The first-order valence-electron chi connectivity index (χ1n) is 16.7. The second-order valence-electron chi connectivity index (χ2n) is 12.3. The topological polar surface area (TPSA) is 95.2 Å². The van der Waals surface area contributed by atoms with Crippen LogP contribution in [0.4, 0.5) is 0 Å². The van der Waals surface area contributed by atoms with Crippen molar-refractivity contribution in [1.82, 2.24) is 39.5 Å². The summed E-state index contributed by atoms with van der Waals surface area (Å²) in [6, 6.07) is 45.5. The highest BCUT2D eigenvalue weighted by Gasteiger charge is 2.21. The van der Waals surface area contributed by atoms with Crippen molar-refractivity contribution < 1.29 is 0 Å². The van der Waals surface area contributed by atoms with Gasteiger partial charge in [-0.2, -0.15) is 0 Å². The molecule has 0 atom stereocenters. The maximum atomic E-state index is 5.13. The zero-order valence-electron chi connectivity index (χ0n) is 27.9. The number of pyridine rings is 1. The van der Waals surface area contributed by atoms with Gasteiger partial charge in [0.25, 0.3) is 0 Å². The third kappa shape index (κ3) is 5.58. The Morgan fingerprint density at radius 3 is 1.65 bits per heavy atom. The molecule has 0 spiro atoms. The van der Waals surface area contributed by atoms with E-state index in [-0.39, 0.29) is 0 Å². The first-order chi connectivity index (χ1) is 25.1. The molecule has 51 heavy (non-hydrogen) atoms. The fourth-order valence-electron chi connectivity index (χ4n) is 6.68. The smallest absolute Gasteiger partial charge is 0.166 e. The summed E-state index contributed by atoms with van der Waals surface area (Å²) in [4.78, 5) is 33.2. The highest BCUT2D eigenvalue weighted by molar-refractivity contribution is 6.11. The second kappa shape index (κ2) is 12.5. The van der Waals surface area contributed by atoms with E-state index in [0.717, 1.165) is 60.9 Å². The van der Waals surface area contributed by atoms with E-state index in [0.29, 0.717) is 34.9 Å². The van der Waals surface area contributed by atoms with Gasteiger partial charge in [0, 0.05) is 45.4 Å². The van der Waals surface area contributed by atoms with Crippen LogP contribution in [0.1, 0.15) is 11.6 Å². The Bertz CT molecular complexity index is 2630. The number of hydrogen-bond acceptors (Lipinski definition) is 7. The molecule has 0 radical (unpaired) electrons. The lowest BCUT2D eigenvalue weighted by atomic mass is 10.0. The summed E-state index contributed by atoms with van der Waals surface area (Å²) >= 11 is 0. The average Bonchev–Trinajstić information content (AvgIpc) is 3.52. The van der Waals surface area contributed by atoms with E-state index in [1.54, 1.807) is 0 Å². The van der Waals surface area contributed by atoms with Crippen LogP contribution >= 0.6 is 0 Å². The number of nitrogens with zero attached hydrogens (tertiary/aromatic N) is 8. The van der Waals surface area contributed by atoms with Crippen molar-refractivity contribution >= 4 is 21.8 Å². The molecule has 8 nitrogen and oxygen atoms in total. The molecule has 0 aliphatic rings. The normalized spacial score (nSPS) is 11.3. The Morgan fingerprint density at radius 2 is 0.961 bits per heavy atom. The number of aryl methyl sites for hydroxylation is 2. The van der Waals surface area contributed by atoms with Crippen LogP contribution in [-0.4, -0.2) is 39.5 Å². The summed E-state index contributed by atoms with van der Waals surface area (Å²) in [5.74, 6) is 3.85. The third-order valence-electron chi connectivity index (χ3n) is 8.98. The van der Waals surface area contributed by atoms with Gasteiger partial charge in [-0.1, -0.05) is 84.9 Å². The average molecular weight is 659 g/mol. The molecule has 0 unspecified atom stereocenters. The van der Waals surface area contributed by atoms with Crippen molar-refractivity contribution in [1.29, 1.82) is 0 Å². The number of aromatic nitrogens is 8. The summed E-state index contributed by atoms with van der Waals surface area (Å²) in [5.41, 5.74) is 8.80. The Kier molecular flexibility index (Phi) is 7.39. The van der Waals surface area contributed by atoms with Gasteiger partial charge in [0.05, 0.1) is 16.7 Å². The standard InChI is InChI=1S/C43H30N8/c1-27-45-28(2)47-42(46-27)33-18-20-38-36(25-33)34-15-9-10-16-37(34)51(38)39-26-32(29-21-23-44-24-22-29)17-19-35(39)43-49-40(30-11-5-3-6-12-30)48-41(50-43)31-13-7-4-8-14-31/h3-26H,1-2H3. The van der Waals surface area contributed by atoms with Crippen molar-refractivity contribution in [2.24, 2.45) is 0 Å². The van der Waals surface area contributed by atoms with Gasteiger partial charge in [0.1, 0.15) is 11.6 Å². The van der Waals surface area contributed by atoms with Crippen molar-refractivity contribution in [3.8, 4) is 62.4 Å². The minimum atomic E-state index is 0.581. The Labute approximate surface area is 294 Å². The molecule has 0 fully saturated rings. The van der Waals surface area contributed by atoms with Gasteiger partial charge in [0.15, 0.2) is 23.3 Å². The summed E-state index contributed by atoms with van der Waals surface area (Å²) in [6.45, 7) is 3.79. The predicted octanol–water partition coefficient (Wildman–Crippen LogP) is 9.50. The number of hydrogen-bond donors (Lipinski definition) is 0. The molecule has 8 heteroatoms. The first kappa shape index (κ1) is 30.2. The molecule has 0 aliphatic carbocycles. The van der Waals surface area contributed by atoms with Crippen LogP contribution in [0.25, 0.3) is 84.2 Å². The minimum Gasteiger partial charge on any atom is -0.308 e. The molecule has 0 amide bonds. The molecular weight excluding hydrogens is 629 g/mol. The number of para-hydroxylation sites is 1. The monoisotopic (exact) mass is 658 g/mol. The summed E-state index contributed by atoms with van der Waals surface area (Å²) < 4.78 is 2.31. The maximum Gasteiger partial charge on any atom is 0.166 e. The predicted molar refractivity (Wildman–Crippen MR) is 202 cm³/mol. The highest BCUT2D eigenvalue weighted by atomic mass is 15.1. The quantitative estimate of drug-likeness (QED) is 0.176. The SMILES string of the molecule is Cc1nc(C)nc(-c2ccc3c(c2)c2ccccc2n3-c2cc(-c3ccncc3)ccc2-c2nc(-c3ccccc3)nc(-c3ccccc3)n2)n1. The Hall–Kier alpha value is -6.93. The largest absolute Gasteiger partial charge is 0.308 e. The van der Waals surface area contributed by atoms with Crippen LogP contribution < -0.4 is 0 Å². The van der Waals surface area contributed by atoms with Crippen molar-refractivity contribution in [2.75, 3.05) is 0 Å². The lowest BCUT2D eigenvalue weighted by Crippen LogP contribution is -2.04. The summed E-state index contributed by atoms with van der Waals surface area (Å²) in [7, 11) is 0. The van der Waals surface area contributed by atoms with Gasteiger partial charge < -0.3 is 4.57 Å². The molecule has 0 aliphatic heterocycles. The molecule has 4 aromatic heterocycles. The van der Waals surface area contributed by atoms with Gasteiger partial charge >= 0.3 is 0 Å². The van der Waals surface area contributed by atoms with Crippen molar-refractivity contribution in [2.45, 2.75) is 13.8 Å². The molecule has 5 aromatic carbocycles. The fourth-order valence-corrected chi connectivity index (χ4v) is 6.68. The van der Waals surface area contributed by atoms with Crippen molar-refractivity contribution in [3.63, 3.8) is 0 Å². The molecule has 9 aromatic rings. The zero-order valence-corrected chi connectivity index (χ0v) is 27.9. The van der Waals surface area contributed by atoms with E-state index in [4.69, 9.17) is 15.0 Å². The fraction of sp³-hybridized carbons (Fsp3) is 0.0465. The van der Waals surface area contributed by atoms with E-state index < -0.39 is 0 Å². The summed E-state index contributed by atoms with van der Waals surface area (Å²) in [6.07, 6.45) is 3.64. The Balaban J connectivity index is 1.33. The molecule has 0 bridgehead atoms. The van der Waals surface area contributed by atoms with Gasteiger partial charge in [0.2, 0.25) is 0 Å². The maximum absolute atomic E-state index is 5.13. The van der Waals surface area contributed by atoms with E-state index in [9.17, 15) is 0 Å². The molecule has 9 rings (SSSR count). The van der Waals surface area contributed by atoms with Crippen LogP contribution in [0.5, 0.6) is 0 Å². The molecule has 0 N–H and O–H groups in total. The van der Waals surface area contributed by atoms with Crippen LogP contribution in [-0.2, 0) is 0 Å². The minimum absolute atomic E-state index is 0.581. The van der Waals surface area contributed by atoms with Gasteiger partial charge in [-0.15, -0.1) is 0 Å². The van der Waals surface area contributed by atoms with Crippen LogP contribution in [0.2, 0.25) is 0 Å². The zero-order chi connectivity index (χ0) is 34.3. The first-order valence-corrected chi connectivity index (χ1v) is 16.7.